The van der Waals surface area contributed by atoms with Crippen LogP contribution in [-0.2, 0) is 0 Å². The van der Waals surface area contributed by atoms with E-state index in [1.807, 2.05) is 0 Å². The second-order valence-corrected chi connectivity index (χ2v) is 8.58. The summed E-state index contributed by atoms with van der Waals surface area (Å²) >= 11 is 0. The summed E-state index contributed by atoms with van der Waals surface area (Å²) in [6, 6.07) is 23.0. The van der Waals surface area contributed by atoms with Gasteiger partial charge in [0.2, 0.25) is 0 Å². The Morgan fingerprint density at radius 2 is 1.19 bits per heavy atom. The highest BCUT2D eigenvalue weighted by Crippen LogP contribution is 2.51. The maximum Gasteiger partial charge on any atom is 0.0367 e. The lowest BCUT2D eigenvalue weighted by Gasteiger charge is -2.39. The SMILES string of the molecule is c1ccc(C2CC3CC(N4CCN(c5ccccc5)CC4)CC3C2)cc1. The minimum absolute atomic E-state index is 0.821. The van der Waals surface area contributed by atoms with Gasteiger partial charge in [-0.1, -0.05) is 48.5 Å². The van der Waals surface area contributed by atoms with Crippen LogP contribution >= 0.6 is 0 Å². The first kappa shape index (κ1) is 16.4. The van der Waals surface area contributed by atoms with Crippen LogP contribution in [0.15, 0.2) is 60.7 Å². The van der Waals surface area contributed by atoms with Gasteiger partial charge in [-0.05, 0) is 61.1 Å². The Morgan fingerprint density at radius 1 is 0.615 bits per heavy atom. The molecule has 2 nitrogen and oxygen atoms in total. The number of hydrogen-bond donors (Lipinski definition) is 0. The molecule has 1 heterocycles. The fourth-order valence-electron chi connectivity index (χ4n) is 5.86. The summed E-state index contributed by atoms with van der Waals surface area (Å²) in [5, 5.41) is 0. The molecule has 5 rings (SSSR count). The molecule has 2 atom stereocenters. The van der Waals surface area contributed by atoms with Crippen LogP contribution in [0.2, 0.25) is 0 Å². The van der Waals surface area contributed by atoms with Crippen molar-refractivity contribution in [1.82, 2.24) is 4.90 Å². The molecule has 2 aliphatic carbocycles. The summed E-state index contributed by atoms with van der Waals surface area (Å²) in [5.74, 6) is 2.76. The van der Waals surface area contributed by atoms with Gasteiger partial charge < -0.3 is 4.90 Å². The van der Waals surface area contributed by atoms with Gasteiger partial charge in [0.05, 0.1) is 0 Å². The monoisotopic (exact) mass is 346 g/mol. The largest absolute Gasteiger partial charge is 0.369 e. The molecule has 26 heavy (non-hydrogen) atoms. The standard InChI is InChI=1S/C24H30N2/c1-3-7-19(8-4-1)20-15-21-17-24(18-22(21)16-20)26-13-11-25(12-14-26)23-9-5-2-6-10-23/h1-10,20-22,24H,11-18H2. The van der Waals surface area contributed by atoms with E-state index in [2.05, 4.69) is 70.5 Å². The number of nitrogens with zero attached hydrogens (tertiary/aromatic N) is 2. The van der Waals surface area contributed by atoms with Gasteiger partial charge in [0.15, 0.2) is 0 Å². The molecule has 1 saturated heterocycles. The van der Waals surface area contributed by atoms with Crippen LogP contribution in [0.25, 0.3) is 0 Å². The Kier molecular flexibility index (Phi) is 4.46. The second kappa shape index (κ2) is 7.08. The summed E-state index contributed by atoms with van der Waals surface area (Å²) in [5.41, 5.74) is 2.97. The lowest BCUT2D eigenvalue weighted by atomic mass is 9.94. The molecule has 0 bridgehead atoms. The van der Waals surface area contributed by atoms with Crippen molar-refractivity contribution in [2.24, 2.45) is 11.8 Å². The van der Waals surface area contributed by atoms with E-state index in [0.29, 0.717) is 0 Å². The van der Waals surface area contributed by atoms with Crippen LogP contribution in [0.5, 0.6) is 0 Å². The summed E-state index contributed by atoms with van der Waals surface area (Å²) in [6.07, 6.45) is 5.74. The minimum atomic E-state index is 0.821. The molecule has 0 aromatic heterocycles. The third-order valence-corrected chi connectivity index (χ3v) is 7.21. The fraction of sp³-hybridized carbons (Fsp3) is 0.500. The van der Waals surface area contributed by atoms with Gasteiger partial charge >= 0.3 is 0 Å². The van der Waals surface area contributed by atoms with Crippen molar-refractivity contribution in [2.45, 2.75) is 37.6 Å². The van der Waals surface area contributed by atoms with Crippen molar-refractivity contribution in [3.63, 3.8) is 0 Å². The molecule has 2 unspecified atom stereocenters. The smallest absolute Gasteiger partial charge is 0.0367 e. The van der Waals surface area contributed by atoms with E-state index in [0.717, 1.165) is 23.8 Å². The third-order valence-electron chi connectivity index (χ3n) is 7.21. The van der Waals surface area contributed by atoms with Gasteiger partial charge in [-0.2, -0.15) is 0 Å². The van der Waals surface area contributed by atoms with Crippen molar-refractivity contribution < 1.29 is 0 Å². The lowest BCUT2D eigenvalue weighted by Crippen LogP contribution is -2.50. The first-order valence-corrected chi connectivity index (χ1v) is 10.5. The van der Waals surface area contributed by atoms with Crippen LogP contribution in [0.3, 0.4) is 0 Å². The van der Waals surface area contributed by atoms with E-state index < -0.39 is 0 Å². The average Bonchev–Trinajstić information content (AvgIpc) is 3.29. The third kappa shape index (κ3) is 3.16. The van der Waals surface area contributed by atoms with E-state index >= 15 is 0 Å². The molecular formula is C24H30N2. The highest BCUT2D eigenvalue weighted by Gasteiger charge is 2.43. The summed E-state index contributed by atoms with van der Waals surface area (Å²) in [7, 11) is 0. The molecule has 0 spiro atoms. The second-order valence-electron chi connectivity index (χ2n) is 8.58. The van der Waals surface area contributed by atoms with Crippen molar-refractivity contribution in [1.29, 1.82) is 0 Å². The summed E-state index contributed by atoms with van der Waals surface area (Å²) < 4.78 is 0. The molecule has 3 fully saturated rings. The van der Waals surface area contributed by atoms with E-state index in [1.54, 1.807) is 5.56 Å². The highest BCUT2D eigenvalue weighted by atomic mass is 15.3. The number of anilines is 1. The topological polar surface area (TPSA) is 6.48 Å². The van der Waals surface area contributed by atoms with E-state index in [-0.39, 0.29) is 0 Å². The van der Waals surface area contributed by atoms with Gasteiger partial charge in [-0.15, -0.1) is 0 Å². The Balaban J connectivity index is 1.15. The molecule has 136 valence electrons. The predicted octanol–water partition coefficient (Wildman–Crippen LogP) is 4.78. The molecule has 0 amide bonds. The first-order valence-electron chi connectivity index (χ1n) is 10.5. The maximum atomic E-state index is 2.80. The first-order chi connectivity index (χ1) is 12.9. The van der Waals surface area contributed by atoms with Crippen LogP contribution in [0, 0.1) is 11.8 Å². The van der Waals surface area contributed by atoms with Gasteiger partial charge in [0, 0.05) is 37.9 Å². The fourth-order valence-corrected chi connectivity index (χ4v) is 5.86. The number of fused-ring (bicyclic) bond motifs is 1. The van der Waals surface area contributed by atoms with Gasteiger partial charge in [-0.3, -0.25) is 4.90 Å². The number of benzene rings is 2. The van der Waals surface area contributed by atoms with E-state index in [1.165, 1.54) is 57.5 Å². The van der Waals surface area contributed by atoms with Gasteiger partial charge in [-0.25, -0.2) is 0 Å². The van der Waals surface area contributed by atoms with E-state index in [4.69, 9.17) is 0 Å². The number of piperazine rings is 1. The van der Waals surface area contributed by atoms with Crippen molar-refractivity contribution in [3.05, 3.63) is 66.2 Å². The molecule has 0 radical (unpaired) electrons. The lowest BCUT2D eigenvalue weighted by molar-refractivity contribution is 0.179. The van der Waals surface area contributed by atoms with Gasteiger partial charge in [0.1, 0.15) is 0 Å². The zero-order valence-corrected chi connectivity index (χ0v) is 15.6. The molecule has 2 aromatic rings. The minimum Gasteiger partial charge on any atom is -0.369 e. The predicted molar refractivity (Wildman–Crippen MR) is 109 cm³/mol. The molecule has 2 saturated carbocycles. The summed E-state index contributed by atoms with van der Waals surface area (Å²) in [6.45, 7) is 4.84. The number of hydrogen-bond acceptors (Lipinski definition) is 2. The Bertz CT molecular complexity index is 692. The maximum absolute atomic E-state index is 2.80. The quantitative estimate of drug-likeness (QED) is 0.789. The number of rotatable bonds is 3. The molecule has 2 heteroatoms. The van der Waals surface area contributed by atoms with Crippen LogP contribution in [-0.4, -0.2) is 37.1 Å². The van der Waals surface area contributed by atoms with Crippen LogP contribution in [0.4, 0.5) is 5.69 Å². The average molecular weight is 347 g/mol. The van der Waals surface area contributed by atoms with Crippen molar-refractivity contribution in [3.8, 4) is 0 Å². The Labute approximate surface area is 157 Å². The van der Waals surface area contributed by atoms with Crippen LogP contribution < -0.4 is 4.90 Å². The molecular weight excluding hydrogens is 316 g/mol. The van der Waals surface area contributed by atoms with Crippen LogP contribution in [0.1, 0.15) is 37.2 Å². The van der Waals surface area contributed by atoms with E-state index in [9.17, 15) is 0 Å². The Hall–Kier alpha value is -1.80. The highest BCUT2D eigenvalue weighted by molar-refractivity contribution is 5.46. The molecule has 1 aliphatic heterocycles. The number of para-hydroxylation sites is 1. The zero-order valence-electron chi connectivity index (χ0n) is 15.6. The molecule has 3 aliphatic rings. The van der Waals surface area contributed by atoms with Crippen molar-refractivity contribution >= 4 is 5.69 Å². The summed E-state index contributed by atoms with van der Waals surface area (Å²) in [4.78, 5) is 5.35. The molecule has 2 aromatic carbocycles. The molecule has 0 N–H and O–H groups in total. The normalized spacial score (nSPS) is 31.9. The van der Waals surface area contributed by atoms with Crippen molar-refractivity contribution in [2.75, 3.05) is 31.1 Å². The van der Waals surface area contributed by atoms with Gasteiger partial charge in [0.25, 0.3) is 0 Å². The Morgan fingerprint density at radius 3 is 1.81 bits per heavy atom. The zero-order chi connectivity index (χ0) is 17.3.